The van der Waals surface area contributed by atoms with E-state index in [4.69, 9.17) is 33.7 Å². The minimum atomic E-state index is -0.663. The second-order valence-corrected chi connectivity index (χ2v) is 10.6. The monoisotopic (exact) mass is 643 g/mol. The maximum atomic E-state index is 11.9. The van der Waals surface area contributed by atoms with Gasteiger partial charge in [0.2, 0.25) is 17.7 Å². The molecule has 0 amide bonds. The Balaban J connectivity index is 0.000000199. The predicted octanol–water partition coefficient (Wildman–Crippen LogP) is 1.14. The zero-order valence-electron chi connectivity index (χ0n) is 24.0. The molecule has 2 unspecified atom stereocenters. The third-order valence-corrected chi connectivity index (χ3v) is 7.04. The van der Waals surface area contributed by atoms with E-state index >= 15 is 0 Å². The first-order valence-corrected chi connectivity index (χ1v) is 14.9. The van der Waals surface area contributed by atoms with Crippen molar-refractivity contribution < 1.29 is 38.2 Å². The topological polar surface area (TPSA) is 200 Å². The van der Waals surface area contributed by atoms with E-state index in [0.29, 0.717) is 49.0 Å². The number of aliphatic hydroxyl groups excluding tert-OH is 2. The average Bonchev–Trinajstić information content (AvgIpc) is 3.68. The second kappa shape index (κ2) is 16.0. The number of nitrogen functional groups attached to an aromatic ring is 1. The number of hydrogen-bond acceptors (Lipinski definition) is 14. The number of ether oxygens (including phenoxy) is 4. The number of nitrogens with zero attached hydrogens (tertiary/aromatic N) is 6. The molecule has 0 aromatic carbocycles. The van der Waals surface area contributed by atoms with Crippen molar-refractivity contribution in [1.29, 1.82) is 0 Å². The molecular formula is C25H39N7O9P2. The highest BCUT2D eigenvalue weighted by atomic mass is 31.0. The lowest BCUT2D eigenvalue weighted by Crippen LogP contribution is -2.27. The Labute approximate surface area is 252 Å². The fourth-order valence-corrected chi connectivity index (χ4v) is 4.96. The highest BCUT2D eigenvalue weighted by molar-refractivity contribution is 7.10. The standard InChI is InChI=1S/C13H20N5O4P.C12H19N2O5P/c1-2-3-20-12-10-11(16-13(14)17-12)18(6-15-10)9-4-7(19)8(22-9)5-21-23;1-2-5-17-10-3-4-14(12(16)13-10)11-6-8(15)9(19-11)7-18-20/h6-9,19H,2-5,23H2,1H3,(H2,14,16,17);3-4,8-9,11,15H,2,5-7,20H2,1H3/t7-,8-,9-;8-,9-,11-/m11/s1. The summed E-state index contributed by atoms with van der Waals surface area (Å²) in [5, 5.41) is 19.9. The molecule has 0 aliphatic carbocycles. The van der Waals surface area contributed by atoms with Gasteiger partial charge in [-0.15, -0.1) is 0 Å². The van der Waals surface area contributed by atoms with Crippen molar-refractivity contribution in [3.05, 3.63) is 29.1 Å². The first-order valence-electron chi connectivity index (χ1n) is 13.9. The summed E-state index contributed by atoms with van der Waals surface area (Å²) in [6.45, 7) is 5.55. The molecule has 3 aromatic rings. The van der Waals surface area contributed by atoms with E-state index in [1.54, 1.807) is 23.2 Å². The van der Waals surface area contributed by atoms with Gasteiger partial charge in [0.05, 0.1) is 45.0 Å². The van der Waals surface area contributed by atoms with Gasteiger partial charge >= 0.3 is 5.69 Å². The normalized spacial score (nSPS) is 25.1. The van der Waals surface area contributed by atoms with E-state index in [0.717, 1.165) is 12.8 Å². The van der Waals surface area contributed by atoms with Gasteiger partial charge in [0, 0.05) is 44.0 Å². The Kier molecular flexibility index (Phi) is 12.4. The van der Waals surface area contributed by atoms with E-state index < -0.39 is 42.6 Å². The summed E-state index contributed by atoms with van der Waals surface area (Å²) in [4.78, 5) is 28.4. The van der Waals surface area contributed by atoms with Gasteiger partial charge in [-0.05, 0) is 12.8 Å². The highest BCUT2D eigenvalue weighted by Gasteiger charge is 2.37. The molecule has 2 aliphatic rings. The van der Waals surface area contributed by atoms with Crippen LogP contribution in [0.2, 0.25) is 0 Å². The molecule has 2 saturated heterocycles. The van der Waals surface area contributed by atoms with Crippen molar-refractivity contribution in [3.8, 4) is 11.8 Å². The number of hydrogen-bond donors (Lipinski definition) is 3. The molecule has 3 aromatic heterocycles. The fourth-order valence-electron chi connectivity index (χ4n) is 4.58. The van der Waals surface area contributed by atoms with Gasteiger partial charge in [-0.2, -0.15) is 15.0 Å². The van der Waals surface area contributed by atoms with E-state index in [2.05, 4.69) is 38.9 Å². The van der Waals surface area contributed by atoms with Gasteiger partial charge < -0.3 is 43.9 Å². The van der Waals surface area contributed by atoms with Crippen LogP contribution in [0.5, 0.6) is 11.8 Å². The van der Waals surface area contributed by atoms with Crippen LogP contribution in [-0.4, -0.2) is 90.1 Å². The summed E-state index contributed by atoms with van der Waals surface area (Å²) < 4.78 is 35.2. The molecule has 0 saturated carbocycles. The Morgan fingerprint density at radius 2 is 1.56 bits per heavy atom. The minimum Gasteiger partial charge on any atom is -0.478 e. The van der Waals surface area contributed by atoms with Gasteiger partial charge in [0.25, 0.3) is 0 Å². The molecule has 0 spiro atoms. The zero-order valence-corrected chi connectivity index (χ0v) is 26.3. The number of aliphatic hydroxyl groups is 2. The molecule has 5 rings (SSSR count). The molecule has 43 heavy (non-hydrogen) atoms. The quantitative estimate of drug-likeness (QED) is 0.237. The highest BCUT2D eigenvalue weighted by Crippen LogP contribution is 2.33. The van der Waals surface area contributed by atoms with E-state index in [1.165, 1.54) is 4.57 Å². The number of imidazole rings is 1. The lowest BCUT2D eigenvalue weighted by molar-refractivity contribution is -0.0383. The summed E-state index contributed by atoms with van der Waals surface area (Å²) >= 11 is 0. The smallest absolute Gasteiger partial charge is 0.352 e. The maximum Gasteiger partial charge on any atom is 0.352 e. The number of aromatic nitrogens is 6. The summed E-state index contributed by atoms with van der Waals surface area (Å²) in [5.74, 6) is 0.765. The number of fused-ring (bicyclic) bond motifs is 1. The third kappa shape index (κ3) is 8.34. The average molecular weight is 644 g/mol. The minimum absolute atomic E-state index is 0.105. The molecule has 5 heterocycles. The van der Waals surface area contributed by atoms with Crippen LogP contribution >= 0.6 is 18.9 Å². The van der Waals surface area contributed by atoms with E-state index in [-0.39, 0.29) is 19.2 Å². The Bertz CT molecular complexity index is 1380. The molecule has 238 valence electrons. The molecule has 16 nitrogen and oxygen atoms in total. The van der Waals surface area contributed by atoms with E-state index in [9.17, 15) is 15.0 Å². The molecule has 4 N–H and O–H groups in total. The van der Waals surface area contributed by atoms with Crippen LogP contribution in [0, 0.1) is 0 Å². The molecule has 0 radical (unpaired) electrons. The van der Waals surface area contributed by atoms with Crippen molar-refractivity contribution in [2.24, 2.45) is 0 Å². The van der Waals surface area contributed by atoms with Gasteiger partial charge in [-0.25, -0.2) is 9.78 Å². The van der Waals surface area contributed by atoms with Crippen molar-refractivity contribution in [3.63, 3.8) is 0 Å². The van der Waals surface area contributed by atoms with Crippen molar-refractivity contribution >= 4 is 36.0 Å². The lowest BCUT2D eigenvalue weighted by Gasteiger charge is -2.15. The SMILES string of the molecule is CCCOc1ccn([C@H]2C[C@@H](O)[C@@H](COP)O2)c(=O)n1.CCCOc1nc(N)nc2c1ncn2[C@H]1C[C@@H](O)[C@@H](COP)O1. The molecule has 2 fully saturated rings. The number of rotatable bonds is 12. The summed E-state index contributed by atoms with van der Waals surface area (Å²) in [5.41, 5.74) is 6.36. The summed E-state index contributed by atoms with van der Waals surface area (Å²) in [6, 6.07) is 1.62. The lowest BCUT2D eigenvalue weighted by atomic mass is 10.2. The van der Waals surface area contributed by atoms with Crippen molar-refractivity contribution in [2.45, 2.75) is 76.4 Å². The number of anilines is 1. The Morgan fingerprint density at radius 3 is 2.14 bits per heavy atom. The van der Waals surface area contributed by atoms with Crippen LogP contribution in [0.4, 0.5) is 5.95 Å². The maximum absolute atomic E-state index is 11.9. The van der Waals surface area contributed by atoms with Crippen LogP contribution in [0.15, 0.2) is 23.4 Å². The van der Waals surface area contributed by atoms with Gasteiger partial charge in [-0.3, -0.25) is 9.13 Å². The van der Waals surface area contributed by atoms with Gasteiger partial charge in [0.1, 0.15) is 24.7 Å². The zero-order chi connectivity index (χ0) is 30.9. The van der Waals surface area contributed by atoms with Crippen LogP contribution in [0.3, 0.4) is 0 Å². The molecule has 8 atom stereocenters. The molecular weight excluding hydrogens is 604 g/mol. The molecule has 18 heteroatoms. The fraction of sp³-hybridized carbons (Fsp3) is 0.640. The van der Waals surface area contributed by atoms with Crippen LogP contribution in [0.25, 0.3) is 11.2 Å². The third-order valence-electron chi connectivity index (χ3n) is 6.66. The molecule has 2 aliphatic heterocycles. The van der Waals surface area contributed by atoms with Gasteiger partial charge in [-0.1, -0.05) is 13.8 Å². The van der Waals surface area contributed by atoms with Crippen molar-refractivity contribution in [2.75, 3.05) is 32.2 Å². The van der Waals surface area contributed by atoms with Crippen LogP contribution < -0.4 is 20.9 Å². The molecule has 0 bridgehead atoms. The Hall–Kier alpha value is -2.55. The van der Waals surface area contributed by atoms with Crippen molar-refractivity contribution in [1.82, 2.24) is 29.1 Å². The van der Waals surface area contributed by atoms with Gasteiger partial charge in [0.15, 0.2) is 11.2 Å². The largest absolute Gasteiger partial charge is 0.478 e. The Morgan fingerprint density at radius 1 is 0.953 bits per heavy atom. The first-order chi connectivity index (χ1) is 20.8. The summed E-state index contributed by atoms with van der Waals surface area (Å²) in [7, 11) is 4.26. The van der Waals surface area contributed by atoms with Crippen LogP contribution in [0.1, 0.15) is 52.0 Å². The predicted molar refractivity (Wildman–Crippen MR) is 160 cm³/mol. The number of nitrogens with two attached hydrogens (primary N) is 1. The second-order valence-electron chi connectivity index (χ2n) is 9.89. The van der Waals surface area contributed by atoms with E-state index in [1.807, 2.05) is 13.8 Å². The summed E-state index contributed by atoms with van der Waals surface area (Å²) in [6.07, 6.45) is 2.56. The van der Waals surface area contributed by atoms with Crippen LogP contribution in [-0.2, 0) is 18.5 Å². The first kappa shape index (κ1) is 33.3.